The second-order valence-electron chi connectivity index (χ2n) is 8.87. The van der Waals surface area contributed by atoms with Gasteiger partial charge in [-0.25, -0.2) is 9.59 Å². The van der Waals surface area contributed by atoms with Crippen LogP contribution in [0, 0.1) is 5.92 Å². The lowest BCUT2D eigenvalue weighted by Gasteiger charge is -2.33. The number of amides is 1. The minimum atomic E-state index is -0.924. The number of ether oxygens (including phenoxy) is 1. The van der Waals surface area contributed by atoms with E-state index in [1.807, 2.05) is 44.0 Å². The van der Waals surface area contributed by atoms with Crippen LogP contribution in [0.5, 0.6) is 0 Å². The number of piperidine rings is 1. The molecule has 0 spiro atoms. The van der Waals surface area contributed by atoms with E-state index in [1.54, 1.807) is 24.3 Å². The van der Waals surface area contributed by atoms with Crippen molar-refractivity contribution in [3.05, 3.63) is 53.9 Å². The average Bonchev–Trinajstić information content (AvgIpc) is 2.72. The number of hydrogen-bond acceptors (Lipinski definition) is 4. The number of aryl methyl sites for hydroxylation is 1. The highest BCUT2D eigenvalue weighted by Crippen LogP contribution is 2.24. The molecule has 0 saturated carbocycles. The predicted octanol–water partition coefficient (Wildman–Crippen LogP) is 5.03. The molecule has 1 amide bonds. The molecule has 0 bridgehead atoms. The molecule has 2 aromatic rings. The Bertz CT molecular complexity index is 862. The number of aromatic nitrogens is 1. The number of nitrogens with zero attached hydrogens (tertiary/aromatic N) is 2. The van der Waals surface area contributed by atoms with Crippen LogP contribution >= 0.6 is 0 Å². The maximum absolute atomic E-state index is 12.2. The van der Waals surface area contributed by atoms with Crippen molar-refractivity contribution >= 4 is 12.1 Å². The first-order chi connectivity index (χ1) is 14.2. The lowest BCUT2D eigenvalue weighted by molar-refractivity contribution is 0.0181. The molecule has 1 N–H and O–H groups in total. The molecule has 1 fully saturated rings. The van der Waals surface area contributed by atoms with E-state index in [0.29, 0.717) is 5.92 Å². The van der Waals surface area contributed by atoms with Crippen LogP contribution in [0.2, 0.25) is 0 Å². The summed E-state index contributed by atoms with van der Waals surface area (Å²) in [5.74, 6) is -0.333. The average molecular weight is 411 g/mol. The van der Waals surface area contributed by atoms with Crippen LogP contribution in [-0.4, -0.2) is 45.7 Å². The van der Waals surface area contributed by atoms with Crippen molar-refractivity contribution in [2.24, 2.45) is 5.92 Å². The molecule has 0 radical (unpaired) electrons. The summed E-state index contributed by atoms with van der Waals surface area (Å²) in [4.78, 5) is 29.5. The van der Waals surface area contributed by atoms with Crippen LogP contribution in [0.15, 0.2) is 42.6 Å². The molecule has 6 nitrogen and oxygen atoms in total. The number of carbonyl (C=O) groups is 2. The summed E-state index contributed by atoms with van der Waals surface area (Å²) >= 11 is 0. The van der Waals surface area contributed by atoms with E-state index in [4.69, 9.17) is 9.84 Å². The highest BCUT2D eigenvalue weighted by molar-refractivity contribution is 5.88. The van der Waals surface area contributed by atoms with Crippen LogP contribution < -0.4 is 0 Å². The van der Waals surface area contributed by atoms with Gasteiger partial charge in [0.1, 0.15) is 5.60 Å². The van der Waals surface area contributed by atoms with E-state index in [1.165, 1.54) is 0 Å². The number of carboxylic acids is 1. The zero-order valence-corrected chi connectivity index (χ0v) is 17.9. The fourth-order valence-corrected chi connectivity index (χ4v) is 3.63. The minimum absolute atomic E-state index is 0.213. The summed E-state index contributed by atoms with van der Waals surface area (Å²) in [7, 11) is 0. The molecule has 30 heavy (non-hydrogen) atoms. The lowest BCUT2D eigenvalue weighted by Crippen LogP contribution is -2.41. The fraction of sp³-hybridized carbons (Fsp3) is 0.458. The van der Waals surface area contributed by atoms with Crippen LogP contribution in [0.1, 0.15) is 56.1 Å². The third-order valence-corrected chi connectivity index (χ3v) is 5.36. The van der Waals surface area contributed by atoms with E-state index in [2.05, 4.69) is 4.98 Å². The fourth-order valence-electron chi connectivity index (χ4n) is 3.63. The Kier molecular flexibility index (Phi) is 6.75. The van der Waals surface area contributed by atoms with Crippen LogP contribution in [0.4, 0.5) is 4.79 Å². The Morgan fingerprint density at radius 2 is 1.70 bits per heavy atom. The standard InChI is InChI=1S/C24H30N2O4/c1-24(2,3)30-23(29)26-14-12-17(13-15-26)4-10-21-11-9-20(16-25-21)18-5-7-19(8-6-18)22(27)28/h5-9,11,16-17H,4,10,12-15H2,1-3H3,(H,27,28). The summed E-state index contributed by atoms with van der Waals surface area (Å²) in [6, 6.07) is 10.9. The number of carboxylic acid groups (broad SMARTS) is 1. The van der Waals surface area contributed by atoms with Gasteiger partial charge in [-0.3, -0.25) is 4.98 Å². The molecule has 2 heterocycles. The number of pyridine rings is 1. The first-order valence-electron chi connectivity index (χ1n) is 10.5. The van der Waals surface area contributed by atoms with Gasteiger partial charge < -0.3 is 14.7 Å². The summed E-state index contributed by atoms with van der Waals surface area (Å²) in [6.07, 6.45) is 5.59. The molecule has 0 atom stereocenters. The molecular weight excluding hydrogens is 380 g/mol. The maximum Gasteiger partial charge on any atom is 0.410 e. The van der Waals surface area contributed by atoms with Crippen molar-refractivity contribution in [1.29, 1.82) is 0 Å². The summed E-state index contributed by atoms with van der Waals surface area (Å²) in [5, 5.41) is 9.00. The van der Waals surface area contributed by atoms with Crippen molar-refractivity contribution < 1.29 is 19.4 Å². The molecule has 1 aromatic carbocycles. The normalized spacial score (nSPS) is 15.1. The van der Waals surface area contributed by atoms with E-state index in [9.17, 15) is 9.59 Å². The summed E-state index contributed by atoms with van der Waals surface area (Å²) < 4.78 is 5.46. The number of rotatable bonds is 5. The van der Waals surface area contributed by atoms with E-state index >= 15 is 0 Å². The lowest BCUT2D eigenvalue weighted by atomic mass is 9.91. The van der Waals surface area contributed by atoms with E-state index in [-0.39, 0.29) is 11.7 Å². The SMILES string of the molecule is CC(C)(C)OC(=O)N1CCC(CCc2ccc(-c3ccc(C(=O)O)cc3)cn2)CC1. The smallest absolute Gasteiger partial charge is 0.410 e. The van der Waals surface area contributed by atoms with Crippen LogP contribution in [-0.2, 0) is 11.2 Å². The van der Waals surface area contributed by atoms with Gasteiger partial charge in [0, 0.05) is 30.5 Å². The second-order valence-corrected chi connectivity index (χ2v) is 8.87. The highest BCUT2D eigenvalue weighted by atomic mass is 16.6. The van der Waals surface area contributed by atoms with Gasteiger partial charge in [0.25, 0.3) is 0 Å². The predicted molar refractivity (Wildman–Crippen MR) is 115 cm³/mol. The van der Waals surface area contributed by atoms with E-state index in [0.717, 1.165) is 55.6 Å². The summed E-state index contributed by atoms with van der Waals surface area (Å²) in [5.41, 5.74) is 2.80. The molecule has 0 aliphatic carbocycles. The molecule has 1 saturated heterocycles. The molecule has 160 valence electrons. The Morgan fingerprint density at radius 3 is 2.23 bits per heavy atom. The highest BCUT2D eigenvalue weighted by Gasteiger charge is 2.26. The number of likely N-dealkylation sites (tertiary alicyclic amines) is 1. The van der Waals surface area contributed by atoms with Crippen molar-refractivity contribution in [3.8, 4) is 11.1 Å². The van der Waals surface area contributed by atoms with Gasteiger partial charge in [0.2, 0.25) is 0 Å². The Balaban J connectivity index is 1.47. The van der Waals surface area contributed by atoms with Crippen LogP contribution in [0.25, 0.3) is 11.1 Å². The molecule has 6 heteroatoms. The van der Waals surface area contributed by atoms with Crippen molar-refractivity contribution in [2.45, 2.75) is 52.1 Å². The first-order valence-corrected chi connectivity index (χ1v) is 10.5. The first kappa shape index (κ1) is 21.8. The zero-order chi connectivity index (χ0) is 21.7. The Hall–Kier alpha value is -2.89. The molecule has 3 rings (SSSR count). The zero-order valence-electron chi connectivity index (χ0n) is 17.9. The second kappa shape index (κ2) is 9.28. The van der Waals surface area contributed by atoms with E-state index < -0.39 is 11.6 Å². The van der Waals surface area contributed by atoms with Gasteiger partial charge in [-0.05, 0) is 76.1 Å². The van der Waals surface area contributed by atoms with Gasteiger partial charge in [0.05, 0.1) is 5.56 Å². The van der Waals surface area contributed by atoms with Gasteiger partial charge >= 0.3 is 12.1 Å². The molecule has 1 aliphatic heterocycles. The van der Waals surface area contributed by atoms with Gasteiger partial charge in [-0.2, -0.15) is 0 Å². The maximum atomic E-state index is 12.2. The topological polar surface area (TPSA) is 79.7 Å². The number of aromatic carboxylic acids is 1. The third-order valence-electron chi connectivity index (χ3n) is 5.36. The monoisotopic (exact) mass is 410 g/mol. The molecular formula is C24H30N2O4. The Labute approximate surface area is 177 Å². The summed E-state index contributed by atoms with van der Waals surface area (Å²) in [6.45, 7) is 7.17. The quantitative estimate of drug-likeness (QED) is 0.748. The van der Waals surface area contributed by atoms with Gasteiger partial charge in [0.15, 0.2) is 0 Å². The van der Waals surface area contributed by atoms with Crippen molar-refractivity contribution in [2.75, 3.05) is 13.1 Å². The molecule has 1 aliphatic rings. The van der Waals surface area contributed by atoms with Gasteiger partial charge in [-0.1, -0.05) is 18.2 Å². The molecule has 1 aromatic heterocycles. The minimum Gasteiger partial charge on any atom is -0.478 e. The Morgan fingerprint density at radius 1 is 1.07 bits per heavy atom. The largest absolute Gasteiger partial charge is 0.478 e. The number of benzene rings is 1. The number of carbonyl (C=O) groups excluding carboxylic acids is 1. The number of hydrogen-bond donors (Lipinski definition) is 1. The van der Waals surface area contributed by atoms with Crippen LogP contribution in [0.3, 0.4) is 0 Å². The van der Waals surface area contributed by atoms with Crippen molar-refractivity contribution in [1.82, 2.24) is 9.88 Å². The van der Waals surface area contributed by atoms with Gasteiger partial charge in [-0.15, -0.1) is 0 Å². The third kappa shape index (κ3) is 6.05. The van der Waals surface area contributed by atoms with Crippen molar-refractivity contribution in [3.63, 3.8) is 0 Å². The molecule has 0 unspecified atom stereocenters.